The molecule has 2 atom stereocenters. The van der Waals surface area contributed by atoms with E-state index in [0.717, 1.165) is 44.9 Å². The van der Waals surface area contributed by atoms with Gasteiger partial charge in [0.05, 0.1) is 18.8 Å². The molecule has 0 aromatic heterocycles. The number of nitrogens with one attached hydrogen (secondary N) is 1. The molecule has 0 aromatic carbocycles. The van der Waals surface area contributed by atoms with Crippen molar-refractivity contribution in [3.8, 4) is 0 Å². The molecule has 0 saturated heterocycles. The van der Waals surface area contributed by atoms with Crippen molar-refractivity contribution >= 4 is 5.91 Å². The Labute approximate surface area is 312 Å². The summed E-state index contributed by atoms with van der Waals surface area (Å²) in [6, 6.07) is -0.566. The molecule has 0 fully saturated rings. The van der Waals surface area contributed by atoms with Crippen molar-refractivity contribution in [1.29, 1.82) is 0 Å². The fraction of sp³-hybridized carbons (Fsp3) is 0.804. The molecule has 1 amide bonds. The largest absolute Gasteiger partial charge is 0.394 e. The first-order valence-electron chi connectivity index (χ1n) is 21.8. The summed E-state index contributed by atoms with van der Waals surface area (Å²) >= 11 is 0. The van der Waals surface area contributed by atoms with Crippen molar-refractivity contribution in [1.82, 2.24) is 5.32 Å². The van der Waals surface area contributed by atoms with Gasteiger partial charge in [0.2, 0.25) is 5.91 Å². The minimum atomic E-state index is -0.682. The molecule has 4 nitrogen and oxygen atoms in total. The van der Waals surface area contributed by atoms with Gasteiger partial charge in [0.15, 0.2) is 0 Å². The summed E-state index contributed by atoms with van der Waals surface area (Å²) in [7, 11) is 0. The zero-order valence-corrected chi connectivity index (χ0v) is 33.4. The van der Waals surface area contributed by atoms with Gasteiger partial charge >= 0.3 is 0 Å². The number of aliphatic hydroxyl groups excluding tert-OH is 2. The molecule has 4 heteroatoms. The highest BCUT2D eigenvalue weighted by Gasteiger charge is 2.19. The SMILES string of the molecule is CCCCCCCCC/C=C/C/C=C/C/C=C/C/C=C/CCCC(=O)N[C@@H](CO)[C@H](O)CCCCCCCCCCCCCCCCCCC. The maximum atomic E-state index is 12.4. The van der Waals surface area contributed by atoms with Crippen LogP contribution in [-0.4, -0.2) is 34.9 Å². The van der Waals surface area contributed by atoms with Gasteiger partial charge in [-0.05, 0) is 51.4 Å². The van der Waals surface area contributed by atoms with E-state index in [1.165, 1.54) is 148 Å². The first-order valence-corrected chi connectivity index (χ1v) is 21.8. The summed E-state index contributed by atoms with van der Waals surface area (Å²) in [5.41, 5.74) is 0. The van der Waals surface area contributed by atoms with E-state index < -0.39 is 12.1 Å². The molecule has 0 unspecified atom stereocenters. The Morgan fingerprint density at radius 2 is 0.820 bits per heavy atom. The number of allylic oxidation sites excluding steroid dienone is 8. The minimum absolute atomic E-state index is 0.0850. The number of hydrogen-bond donors (Lipinski definition) is 3. The van der Waals surface area contributed by atoms with Crippen LogP contribution in [0.15, 0.2) is 48.6 Å². The van der Waals surface area contributed by atoms with Crippen molar-refractivity contribution in [2.45, 2.75) is 231 Å². The predicted octanol–water partition coefficient (Wildman–Crippen LogP) is 13.6. The van der Waals surface area contributed by atoms with Crippen molar-refractivity contribution in [2.24, 2.45) is 0 Å². The lowest BCUT2D eigenvalue weighted by Crippen LogP contribution is -2.45. The molecule has 0 spiro atoms. The lowest BCUT2D eigenvalue weighted by molar-refractivity contribution is -0.123. The van der Waals surface area contributed by atoms with Crippen LogP contribution >= 0.6 is 0 Å². The van der Waals surface area contributed by atoms with E-state index in [1.54, 1.807) is 0 Å². The predicted molar refractivity (Wildman–Crippen MR) is 221 cm³/mol. The Morgan fingerprint density at radius 3 is 1.22 bits per heavy atom. The number of amides is 1. The molecule has 0 bridgehead atoms. The molecule has 50 heavy (non-hydrogen) atoms. The standard InChI is InChI=1S/C46H85NO3/c1-3-5-7-9-11-13-15-17-19-21-22-23-24-26-28-30-32-34-36-38-40-42-46(50)47-44(43-48)45(49)41-39-37-35-33-31-29-27-25-20-18-16-14-12-10-8-6-4-2/h19,21,23-24,28,30,34,36,44-45,48-49H,3-18,20,22,25-27,29,31-33,35,37-43H2,1-2H3,(H,47,50)/b21-19+,24-23+,30-28+,36-34+/t44-,45+/m0/s1. The van der Waals surface area contributed by atoms with Gasteiger partial charge in [0, 0.05) is 6.42 Å². The topological polar surface area (TPSA) is 69.6 Å². The maximum absolute atomic E-state index is 12.4. The van der Waals surface area contributed by atoms with Crippen LogP contribution in [0.25, 0.3) is 0 Å². The third kappa shape index (κ3) is 37.6. The monoisotopic (exact) mass is 700 g/mol. The van der Waals surface area contributed by atoms with Crippen molar-refractivity contribution in [3.63, 3.8) is 0 Å². The second-order valence-corrected chi connectivity index (χ2v) is 14.8. The number of unbranched alkanes of at least 4 members (excludes halogenated alkanes) is 24. The minimum Gasteiger partial charge on any atom is -0.394 e. The molecule has 292 valence electrons. The van der Waals surface area contributed by atoms with E-state index in [2.05, 4.69) is 67.8 Å². The fourth-order valence-corrected chi connectivity index (χ4v) is 6.47. The highest BCUT2D eigenvalue weighted by molar-refractivity contribution is 5.76. The molecular weight excluding hydrogens is 615 g/mol. The lowest BCUT2D eigenvalue weighted by atomic mass is 10.0. The molecule has 0 heterocycles. The first-order chi connectivity index (χ1) is 24.7. The zero-order valence-electron chi connectivity index (χ0n) is 33.4. The molecule has 0 radical (unpaired) electrons. The highest BCUT2D eigenvalue weighted by Crippen LogP contribution is 2.15. The molecule has 0 saturated carbocycles. The summed E-state index contributed by atoms with van der Waals surface area (Å²) in [6.07, 6.45) is 56.2. The van der Waals surface area contributed by atoms with Gasteiger partial charge in [0.25, 0.3) is 0 Å². The second kappa shape index (κ2) is 41.8. The number of rotatable bonds is 39. The van der Waals surface area contributed by atoms with Crippen LogP contribution < -0.4 is 5.32 Å². The van der Waals surface area contributed by atoms with E-state index in [9.17, 15) is 15.0 Å². The van der Waals surface area contributed by atoms with Crippen LogP contribution in [0, 0.1) is 0 Å². The zero-order chi connectivity index (χ0) is 36.4. The Balaban J connectivity index is 3.65. The van der Waals surface area contributed by atoms with Crippen molar-refractivity contribution in [3.05, 3.63) is 48.6 Å². The molecule has 0 aliphatic rings. The molecule has 0 aliphatic carbocycles. The quantitative estimate of drug-likeness (QED) is 0.0442. The van der Waals surface area contributed by atoms with E-state index in [1.807, 2.05) is 0 Å². The number of aliphatic hydroxyl groups is 2. The molecule has 0 aliphatic heterocycles. The van der Waals surface area contributed by atoms with Crippen LogP contribution in [0.1, 0.15) is 219 Å². The van der Waals surface area contributed by atoms with Crippen molar-refractivity contribution < 1.29 is 15.0 Å². The third-order valence-electron chi connectivity index (χ3n) is 9.84. The molecule has 0 aromatic rings. The van der Waals surface area contributed by atoms with Gasteiger partial charge in [-0.2, -0.15) is 0 Å². The number of carbonyl (C=O) groups is 1. The van der Waals surface area contributed by atoms with Gasteiger partial charge in [0.1, 0.15) is 0 Å². The lowest BCUT2D eigenvalue weighted by Gasteiger charge is -2.22. The normalized spacial score (nSPS) is 13.4. The first kappa shape index (κ1) is 48.3. The Hall–Kier alpha value is -1.65. The maximum Gasteiger partial charge on any atom is 0.220 e. The molecular formula is C46H85NO3. The number of hydrogen-bond acceptors (Lipinski definition) is 3. The van der Waals surface area contributed by atoms with Gasteiger partial charge < -0.3 is 15.5 Å². The summed E-state index contributed by atoms with van der Waals surface area (Å²) in [6.45, 7) is 4.33. The van der Waals surface area contributed by atoms with E-state index >= 15 is 0 Å². The van der Waals surface area contributed by atoms with E-state index in [4.69, 9.17) is 0 Å². The summed E-state index contributed by atoms with van der Waals surface area (Å²) in [5, 5.41) is 23.1. The smallest absolute Gasteiger partial charge is 0.220 e. The molecule has 0 rings (SSSR count). The third-order valence-corrected chi connectivity index (χ3v) is 9.84. The summed E-state index contributed by atoms with van der Waals surface area (Å²) in [5.74, 6) is -0.0850. The molecule has 3 N–H and O–H groups in total. The van der Waals surface area contributed by atoms with Crippen LogP contribution in [-0.2, 0) is 4.79 Å². The summed E-state index contributed by atoms with van der Waals surface area (Å²) in [4.78, 5) is 12.4. The van der Waals surface area contributed by atoms with Crippen molar-refractivity contribution in [2.75, 3.05) is 6.61 Å². The fourth-order valence-electron chi connectivity index (χ4n) is 6.47. The highest BCUT2D eigenvalue weighted by atomic mass is 16.3. The summed E-state index contributed by atoms with van der Waals surface area (Å²) < 4.78 is 0. The Morgan fingerprint density at radius 1 is 0.480 bits per heavy atom. The number of carbonyl (C=O) groups excluding carboxylic acids is 1. The van der Waals surface area contributed by atoms with Crippen LogP contribution in [0.2, 0.25) is 0 Å². The van der Waals surface area contributed by atoms with E-state index in [0.29, 0.717) is 12.8 Å². The average molecular weight is 700 g/mol. The Bertz CT molecular complexity index is 801. The van der Waals surface area contributed by atoms with Gasteiger partial charge in [-0.3, -0.25) is 4.79 Å². The van der Waals surface area contributed by atoms with Crippen LogP contribution in [0.4, 0.5) is 0 Å². The Kier molecular flexibility index (Phi) is 40.4. The van der Waals surface area contributed by atoms with Crippen LogP contribution in [0.3, 0.4) is 0 Å². The van der Waals surface area contributed by atoms with Gasteiger partial charge in [-0.25, -0.2) is 0 Å². The average Bonchev–Trinajstić information content (AvgIpc) is 3.12. The second-order valence-electron chi connectivity index (χ2n) is 14.8. The van der Waals surface area contributed by atoms with Crippen LogP contribution in [0.5, 0.6) is 0 Å². The van der Waals surface area contributed by atoms with E-state index in [-0.39, 0.29) is 12.5 Å². The van der Waals surface area contributed by atoms with Gasteiger partial charge in [-0.1, -0.05) is 210 Å². The van der Waals surface area contributed by atoms with Gasteiger partial charge in [-0.15, -0.1) is 0 Å².